The molecular formula is C38H33ClN2O7S. The van der Waals surface area contributed by atoms with E-state index >= 15 is 0 Å². The molecule has 0 fully saturated rings. The van der Waals surface area contributed by atoms with Gasteiger partial charge in [-0.2, -0.15) is 0 Å². The molecule has 0 amide bonds. The summed E-state index contributed by atoms with van der Waals surface area (Å²) < 4.78 is 30.3. The number of esters is 1. The molecule has 9 nitrogen and oxygen atoms in total. The zero-order chi connectivity index (χ0) is 34.5. The minimum atomic E-state index is -0.870. The lowest BCUT2D eigenvalue weighted by molar-refractivity contribution is -0.138. The summed E-state index contributed by atoms with van der Waals surface area (Å²) >= 11 is 7.24. The van der Waals surface area contributed by atoms with Crippen LogP contribution in [0.3, 0.4) is 0 Å². The van der Waals surface area contributed by atoms with Gasteiger partial charge < -0.3 is 23.7 Å². The van der Waals surface area contributed by atoms with E-state index in [2.05, 4.69) is 0 Å². The Morgan fingerprint density at radius 1 is 0.878 bits per heavy atom. The van der Waals surface area contributed by atoms with Crippen LogP contribution >= 0.6 is 22.9 Å². The number of nitrogens with zero attached hydrogens (tertiary/aromatic N) is 2. The fraction of sp³-hybridized carbons (Fsp3) is 0.184. The van der Waals surface area contributed by atoms with Crippen LogP contribution in [0.2, 0.25) is 5.02 Å². The molecule has 0 spiro atoms. The van der Waals surface area contributed by atoms with E-state index in [1.807, 2.05) is 66.7 Å². The maximum Gasteiger partial charge on any atom is 0.338 e. The Kier molecular flexibility index (Phi) is 10.2. The number of hydrogen-bond donors (Lipinski definition) is 0. The molecule has 6 rings (SSSR count). The van der Waals surface area contributed by atoms with E-state index in [9.17, 15) is 9.59 Å². The van der Waals surface area contributed by atoms with Crippen LogP contribution in [0.15, 0.2) is 106 Å². The van der Waals surface area contributed by atoms with Gasteiger partial charge in [0.15, 0.2) is 27.8 Å². The van der Waals surface area contributed by atoms with Crippen LogP contribution in [-0.2, 0) is 16.1 Å². The number of fused-ring (bicyclic) bond motifs is 1. The largest absolute Gasteiger partial charge is 0.493 e. The van der Waals surface area contributed by atoms with E-state index in [0.29, 0.717) is 60.8 Å². The summed E-state index contributed by atoms with van der Waals surface area (Å²) in [5, 5.41) is 0.652. The summed E-state index contributed by atoms with van der Waals surface area (Å²) in [6.45, 7) is 2.21. The molecule has 2 heterocycles. The Hall–Kier alpha value is -5.32. The lowest BCUT2D eigenvalue weighted by atomic mass is 9.93. The number of carbonyl (C=O) groups excluding carboxylic acids is 1. The highest BCUT2D eigenvalue weighted by Crippen LogP contribution is 2.38. The van der Waals surface area contributed by atoms with Crippen molar-refractivity contribution < 1.29 is 28.5 Å². The Bertz CT molecular complexity index is 2210. The number of aromatic nitrogens is 1. The van der Waals surface area contributed by atoms with Gasteiger partial charge in [-0.1, -0.05) is 77.5 Å². The average Bonchev–Trinajstić information content (AvgIpc) is 3.44. The molecule has 0 saturated heterocycles. The SMILES string of the molecule is CCOC(=O)C1=C(c2ccccc2)N=c2s/c(=C\c3ccc(OCc4ccc(Cl)cc4)c(OC)c3)c(=O)n2[C@@H]1c1ccc(OC)c(OC)c1. The van der Waals surface area contributed by atoms with Gasteiger partial charge in [0.25, 0.3) is 5.56 Å². The van der Waals surface area contributed by atoms with E-state index in [1.165, 1.54) is 23.0 Å². The molecule has 1 aromatic heterocycles. The van der Waals surface area contributed by atoms with Crippen molar-refractivity contribution >= 4 is 40.7 Å². The summed E-state index contributed by atoms with van der Waals surface area (Å²) in [5.41, 5.74) is 3.36. The fourth-order valence-corrected chi connectivity index (χ4v) is 6.69. The fourth-order valence-electron chi connectivity index (χ4n) is 5.56. The number of halogens is 1. The highest BCUT2D eigenvalue weighted by Gasteiger charge is 2.35. The second-order valence-electron chi connectivity index (χ2n) is 10.9. The molecule has 49 heavy (non-hydrogen) atoms. The molecule has 250 valence electrons. The zero-order valence-corrected chi connectivity index (χ0v) is 28.8. The lowest BCUT2D eigenvalue weighted by Crippen LogP contribution is -2.40. The Morgan fingerprint density at radius 2 is 1.57 bits per heavy atom. The van der Waals surface area contributed by atoms with Crippen molar-refractivity contribution in [3.8, 4) is 23.0 Å². The summed E-state index contributed by atoms with van der Waals surface area (Å²) in [6.07, 6.45) is 1.78. The van der Waals surface area contributed by atoms with Gasteiger partial charge in [-0.15, -0.1) is 0 Å². The normalized spacial score (nSPS) is 14.1. The quantitative estimate of drug-likeness (QED) is 0.152. The topological polar surface area (TPSA) is 97.6 Å². The van der Waals surface area contributed by atoms with Crippen LogP contribution in [0.4, 0.5) is 0 Å². The molecule has 0 radical (unpaired) electrons. The van der Waals surface area contributed by atoms with Crippen LogP contribution in [0, 0.1) is 0 Å². The van der Waals surface area contributed by atoms with E-state index in [4.69, 9.17) is 40.3 Å². The maximum absolute atomic E-state index is 14.3. The first-order chi connectivity index (χ1) is 23.8. The van der Waals surface area contributed by atoms with E-state index < -0.39 is 12.0 Å². The van der Waals surface area contributed by atoms with Crippen LogP contribution in [-0.4, -0.2) is 38.5 Å². The summed E-state index contributed by atoms with van der Waals surface area (Å²) in [5.74, 6) is 1.45. The van der Waals surface area contributed by atoms with Gasteiger partial charge >= 0.3 is 5.97 Å². The molecule has 0 aliphatic carbocycles. The minimum absolute atomic E-state index is 0.148. The standard InChI is InChI=1S/C38H33ClN2O7S/c1-5-47-37(43)33-34(25-9-7-6-8-10-25)40-38-41(35(33)26-14-18-28(44-2)31(21-26)46-4)36(42)32(49-38)20-24-13-17-29(30(19-24)45-3)48-22-23-11-15-27(39)16-12-23/h6-21,35H,5,22H2,1-4H3/b32-20-/t35-/m1/s1. The highest BCUT2D eigenvalue weighted by atomic mass is 35.5. The number of rotatable bonds is 11. The van der Waals surface area contributed by atoms with E-state index in [0.717, 1.165) is 11.1 Å². The van der Waals surface area contributed by atoms with Gasteiger partial charge in [0.05, 0.1) is 49.8 Å². The van der Waals surface area contributed by atoms with Crippen molar-refractivity contribution in [3.05, 3.63) is 144 Å². The Balaban J connectivity index is 1.49. The van der Waals surface area contributed by atoms with E-state index in [-0.39, 0.29) is 17.7 Å². The predicted octanol–water partition coefficient (Wildman–Crippen LogP) is 6.19. The molecule has 0 N–H and O–H groups in total. The summed E-state index contributed by atoms with van der Waals surface area (Å²) in [6, 6.07) is 26.7. The van der Waals surface area contributed by atoms with Crippen LogP contribution in [0.25, 0.3) is 11.8 Å². The average molecular weight is 697 g/mol. The van der Waals surface area contributed by atoms with Crippen molar-refractivity contribution in [2.75, 3.05) is 27.9 Å². The Labute approximate surface area is 291 Å². The first kappa shape index (κ1) is 33.6. The zero-order valence-electron chi connectivity index (χ0n) is 27.3. The molecule has 1 aliphatic heterocycles. The second-order valence-corrected chi connectivity index (χ2v) is 12.3. The number of hydrogen-bond acceptors (Lipinski definition) is 9. The summed E-state index contributed by atoms with van der Waals surface area (Å²) in [4.78, 5) is 33.5. The number of benzene rings is 4. The molecule has 4 aromatic carbocycles. The van der Waals surface area contributed by atoms with Gasteiger partial charge in [-0.05, 0) is 66.1 Å². The van der Waals surface area contributed by atoms with Crippen molar-refractivity contribution in [3.63, 3.8) is 0 Å². The molecule has 0 bridgehead atoms. The first-order valence-corrected chi connectivity index (χ1v) is 16.6. The Morgan fingerprint density at radius 3 is 2.27 bits per heavy atom. The van der Waals surface area contributed by atoms with Gasteiger partial charge in [-0.3, -0.25) is 9.36 Å². The predicted molar refractivity (Wildman–Crippen MR) is 189 cm³/mol. The first-order valence-electron chi connectivity index (χ1n) is 15.4. The molecule has 0 unspecified atom stereocenters. The van der Waals surface area contributed by atoms with Crippen LogP contribution < -0.4 is 33.8 Å². The lowest BCUT2D eigenvalue weighted by Gasteiger charge is -2.26. The smallest absolute Gasteiger partial charge is 0.338 e. The molecule has 1 aliphatic rings. The molecule has 1 atom stereocenters. The highest BCUT2D eigenvalue weighted by molar-refractivity contribution is 7.07. The van der Waals surface area contributed by atoms with Gasteiger partial charge in [0, 0.05) is 10.6 Å². The van der Waals surface area contributed by atoms with Gasteiger partial charge in [0.2, 0.25) is 0 Å². The van der Waals surface area contributed by atoms with Crippen molar-refractivity contribution in [2.24, 2.45) is 4.99 Å². The molecular weight excluding hydrogens is 664 g/mol. The van der Waals surface area contributed by atoms with Crippen LogP contribution in [0.5, 0.6) is 23.0 Å². The number of ether oxygens (including phenoxy) is 5. The third kappa shape index (κ3) is 6.97. The van der Waals surface area contributed by atoms with Gasteiger partial charge in [-0.25, -0.2) is 9.79 Å². The second kappa shape index (κ2) is 14.8. The molecule has 0 saturated carbocycles. The van der Waals surface area contributed by atoms with Crippen molar-refractivity contribution in [2.45, 2.75) is 19.6 Å². The van der Waals surface area contributed by atoms with Crippen molar-refractivity contribution in [1.82, 2.24) is 4.57 Å². The van der Waals surface area contributed by atoms with Crippen molar-refractivity contribution in [1.29, 1.82) is 0 Å². The number of thiazole rings is 1. The number of carbonyl (C=O) groups is 1. The monoisotopic (exact) mass is 696 g/mol. The third-order valence-electron chi connectivity index (χ3n) is 7.89. The third-order valence-corrected chi connectivity index (χ3v) is 9.12. The van der Waals surface area contributed by atoms with E-state index in [1.54, 1.807) is 51.5 Å². The molecule has 11 heteroatoms. The summed E-state index contributed by atoms with van der Waals surface area (Å²) in [7, 11) is 4.64. The van der Waals surface area contributed by atoms with Gasteiger partial charge in [0.1, 0.15) is 6.61 Å². The minimum Gasteiger partial charge on any atom is -0.493 e. The number of methoxy groups -OCH3 is 3. The maximum atomic E-state index is 14.3. The molecule has 5 aromatic rings. The van der Waals surface area contributed by atoms with Crippen LogP contribution in [0.1, 0.15) is 35.2 Å².